The fraction of sp³-hybridized carbons (Fsp3) is 0.108. The molecule has 0 bridgehead atoms. The molecule has 5 heteroatoms. The van der Waals surface area contributed by atoms with Crippen molar-refractivity contribution in [2.75, 3.05) is 12.0 Å². The Kier molecular flexibility index (Phi) is 6.80. The Morgan fingerprint density at radius 3 is 2.05 bits per heavy atom. The molecular formula is C37H29NO3S. The van der Waals surface area contributed by atoms with E-state index in [1.165, 1.54) is 0 Å². The minimum absolute atomic E-state index is 0.0735. The lowest BCUT2D eigenvalue weighted by Gasteiger charge is -2.48. The van der Waals surface area contributed by atoms with Crippen LogP contribution < -0.4 is 9.64 Å². The molecule has 2 aliphatic rings. The second-order valence-corrected chi connectivity index (χ2v) is 11.6. The zero-order chi connectivity index (χ0) is 28.5. The maximum atomic E-state index is 15.2. The maximum absolute atomic E-state index is 15.2. The molecule has 2 unspecified atom stereocenters. The van der Waals surface area contributed by atoms with Gasteiger partial charge in [0, 0.05) is 33.3 Å². The second-order valence-electron chi connectivity index (χ2n) is 10.3. The highest BCUT2D eigenvalue weighted by atomic mass is 32.2. The highest BCUT2D eigenvalue weighted by Gasteiger charge is 2.54. The van der Waals surface area contributed by atoms with Gasteiger partial charge in [-0.3, -0.25) is 9.69 Å². The van der Waals surface area contributed by atoms with Crippen LogP contribution in [0.5, 0.6) is 5.75 Å². The van der Waals surface area contributed by atoms with E-state index < -0.39 is 5.72 Å². The standard InChI is InChI=1S/C37H29NO3S/c1-40-31-23-13-11-21-29(31)33-25-37(28-19-9-4-10-20-28)38(30-22-12-14-24-32(30)42-33)36(39)34(26-15-5-2-6-16-26)35(41-37)27-17-7-3-8-18-27/h2-24,33H,25H2,1H3. The average Bonchev–Trinajstić information content (AvgIpc) is 3.21. The Morgan fingerprint density at radius 1 is 0.738 bits per heavy atom. The maximum Gasteiger partial charge on any atom is 0.266 e. The fourth-order valence-electron chi connectivity index (χ4n) is 6.03. The number of carbonyl (C=O) groups is 1. The quantitative estimate of drug-likeness (QED) is 0.213. The molecule has 5 aromatic carbocycles. The first-order chi connectivity index (χ1) is 20.7. The number of carbonyl (C=O) groups excluding carboxylic acids is 1. The van der Waals surface area contributed by atoms with E-state index in [1.807, 2.05) is 120 Å². The van der Waals surface area contributed by atoms with E-state index in [0.29, 0.717) is 17.8 Å². The number of nitrogens with zero attached hydrogens (tertiary/aromatic N) is 1. The molecule has 1 amide bonds. The minimum Gasteiger partial charge on any atom is -0.496 e. The van der Waals surface area contributed by atoms with Gasteiger partial charge in [0.05, 0.1) is 18.4 Å². The van der Waals surface area contributed by atoms with Crippen molar-refractivity contribution in [3.05, 3.63) is 162 Å². The van der Waals surface area contributed by atoms with E-state index in [0.717, 1.165) is 38.6 Å². The van der Waals surface area contributed by atoms with Crippen molar-refractivity contribution in [3.63, 3.8) is 0 Å². The van der Waals surface area contributed by atoms with E-state index in [2.05, 4.69) is 24.3 Å². The van der Waals surface area contributed by atoms with Crippen molar-refractivity contribution in [1.29, 1.82) is 0 Å². The summed E-state index contributed by atoms with van der Waals surface area (Å²) in [4.78, 5) is 18.1. The lowest BCUT2D eigenvalue weighted by molar-refractivity contribution is -0.120. The topological polar surface area (TPSA) is 38.8 Å². The summed E-state index contributed by atoms with van der Waals surface area (Å²) in [6.07, 6.45) is 0.501. The third-order valence-corrected chi connectivity index (χ3v) is 9.23. The molecular weight excluding hydrogens is 538 g/mol. The van der Waals surface area contributed by atoms with Gasteiger partial charge in [-0.15, -0.1) is 11.8 Å². The van der Waals surface area contributed by atoms with Gasteiger partial charge in [0.15, 0.2) is 0 Å². The van der Waals surface area contributed by atoms with Gasteiger partial charge in [-0.2, -0.15) is 0 Å². The number of fused-ring (bicyclic) bond motifs is 3. The number of para-hydroxylation sites is 2. The highest BCUT2D eigenvalue weighted by molar-refractivity contribution is 7.99. The molecule has 2 heterocycles. The van der Waals surface area contributed by atoms with Gasteiger partial charge in [-0.1, -0.05) is 121 Å². The van der Waals surface area contributed by atoms with Gasteiger partial charge in [0.25, 0.3) is 5.91 Å². The SMILES string of the molecule is COc1ccccc1C1CC2(c3ccccc3)OC(c3ccccc3)=C(c3ccccc3)C(=O)N2c2ccccc2S1. The Labute approximate surface area is 250 Å². The number of ether oxygens (including phenoxy) is 2. The summed E-state index contributed by atoms with van der Waals surface area (Å²) >= 11 is 1.74. The number of amides is 1. The van der Waals surface area contributed by atoms with Crippen LogP contribution in [0.3, 0.4) is 0 Å². The van der Waals surface area contributed by atoms with E-state index in [9.17, 15) is 0 Å². The van der Waals surface area contributed by atoms with Crippen LogP contribution in [0.2, 0.25) is 0 Å². The zero-order valence-electron chi connectivity index (χ0n) is 23.1. The van der Waals surface area contributed by atoms with Crippen molar-refractivity contribution in [3.8, 4) is 5.75 Å². The summed E-state index contributed by atoms with van der Waals surface area (Å²) in [6, 6.07) is 46.2. The van der Waals surface area contributed by atoms with Crippen molar-refractivity contribution in [2.24, 2.45) is 0 Å². The molecule has 0 fully saturated rings. The Morgan fingerprint density at radius 2 is 1.33 bits per heavy atom. The van der Waals surface area contributed by atoms with E-state index in [-0.39, 0.29) is 11.2 Å². The summed E-state index contributed by atoms with van der Waals surface area (Å²) < 4.78 is 13.2. The first kappa shape index (κ1) is 26.2. The van der Waals surface area contributed by atoms with Crippen LogP contribution in [0.1, 0.15) is 33.9 Å². The number of methoxy groups -OCH3 is 1. The third kappa shape index (κ3) is 4.38. The molecule has 4 nitrogen and oxygen atoms in total. The molecule has 7 rings (SSSR count). The van der Waals surface area contributed by atoms with Crippen LogP contribution >= 0.6 is 11.8 Å². The monoisotopic (exact) mass is 567 g/mol. The van der Waals surface area contributed by atoms with Crippen molar-refractivity contribution in [1.82, 2.24) is 0 Å². The summed E-state index contributed by atoms with van der Waals surface area (Å²) in [5.74, 6) is 1.30. The first-order valence-corrected chi connectivity index (χ1v) is 14.9. The van der Waals surface area contributed by atoms with Crippen LogP contribution in [-0.2, 0) is 15.3 Å². The minimum atomic E-state index is -1.13. The van der Waals surface area contributed by atoms with Crippen LogP contribution in [0.4, 0.5) is 5.69 Å². The van der Waals surface area contributed by atoms with Crippen molar-refractivity contribution >= 4 is 34.7 Å². The Balaban J connectivity index is 1.55. The molecule has 0 saturated carbocycles. The molecule has 2 aliphatic heterocycles. The largest absolute Gasteiger partial charge is 0.496 e. The van der Waals surface area contributed by atoms with E-state index in [4.69, 9.17) is 9.47 Å². The smallest absolute Gasteiger partial charge is 0.266 e. The third-order valence-electron chi connectivity index (χ3n) is 7.92. The molecule has 206 valence electrons. The van der Waals surface area contributed by atoms with Crippen LogP contribution in [0.25, 0.3) is 11.3 Å². The molecule has 0 saturated heterocycles. The van der Waals surface area contributed by atoms with Crippen LogP contribution in [-0.4, -0.2) is 13.0 Å². The van der Waals surface area contributed by atoms with Crippen LogP contribution in [0.15, 0.2) is 144 Å². The molecule has 0 N–H and O–H groups in total. The molecule has 42 heavy (non-hydrogen) atoms. The summed E-state index contributed by atoms with van der Waals surface area (Å²) in [7, 11) is 1.70. The summed E-state index contributed by atoms with van der Waals surface area (Å²) in [5, 5.41) is -0.0735. The number of hydrogen-bond donors (Lipinski definition) is 0. The molecule has 5 aromatic rings. The molecule has 0 spiro atoms. The predicted octanol–water partition coefficient (Wildman–Crippen LogP) is 8.72. The van der Waals surface area contributed by atoms with Crippen molar-refractivity contribution in [2.45, 2.75) is 22.3 Å². The molecule has 0 aromatic heterocycles. The normalized spacial score (nSPS) is 19.8. The second kappa shape index (κ2) is 10.9. The molecule has 2 atom stereocenters. The van der Waals surface area contributed by atoms with Crippen molar-refractivity contribution < 1.29 is 14.3 Å². The van der Waals surface area contributed by atoms with Gasteiger partial charge in [0.1, 0.15) is 11.5 Å². The average molecular weight is 568 g/mol. The van der Waals surface area contributed by atoms with Gasteiger partial charge in [-0.25, -0.2) is 0 Å². The lowest BCUT2D eigenvalue weighted by Crippen LogP contribution is -2.55. The number of benzene rings is 5. The molecule has 0 aliphatic carbocycles. The summed E-state index contributed by atoms with van der Waals surface area (Å²) in [5.41, 5.74) is 3.89. The first-order valence-electron chi connectivity index (χ1n) is 14.0. The van der Waals surface area contributed by atoms with Gasteiger partial charge in [0.2, 0.25) is 5.72 Å². The van der Waals surface area contributed by atoms with Crippen LogP contribution in [0, 0.1) is 0 Å². The van der Waals surface area contributed by atoms with Gasteiger partial charge < -0.3 is 9.47 Å². The Bertz CT molecular complexity index is 1770. The highest BCUT2D eigenvalue weighted by Crippen LogP contribution is 2.58. The molecule has 0 radical (unpaired) electrons. The van der Waals surface area contributed by atoms with E-state index in [1.54, 1.807) is 18.9 Å². The summed E-state index contributed by atoms with van der Waals surface area (Å²) in [6.45, 7) is 0. The van der Waals surface area contributed by atoms with Gasteiger partial charge in [-0.05, 0) is 23.8 Å². The number of anilines is 1. The number of rotatable bonds is 5. The number of hydrogen-bond acceptors (Lipinski definition) is 4. The lowest BCUT2D eigenvalue weighted by atomic mass is 9.87. The predicted molar refractivity (Wildman–Crippen MR) is 169 cm³/mol. The number of thioether (sulfide) groups is 1. The Hall–Kier alpha value is -4.74. The zero-order valence-corrected chi connectivity index (χ0v) is 24.0. The van der Waals surface area contributed by atoms with E-state index >= 15 is 4.79 Å². The fourth-order valence-corrected chi connectivity index (χ4v) is 7.40. The van der Waals surface area contributed by atoms with Gasteiger partial charge >= 0.3 is 0 Å².